The van der Waals surface area contributed by atoms with E-state index < -0.39 is 25.5 Å². The zero-order valence-electron chi connectivity index (χ0n) is 1.26. The molecule has 4 heteroatoms. The molecule has 0 spiro atoms. The molecule has 0 bridgehead atoms. The first-order chi connectivity index (χ1) is 1.41. The number of halogens is 2. The molecule has 0 amide bonds. The van der Waals surface area contributed by atoms with E-state index in [-0.39, 0.29) is 8.41 Å². The molecule has 0 aromatic rings. The third-order valence-corrected chi connectivity index (χ3v) is 0. The second-order valence-electron chi connectivity index (χ2n) is 0.0714. The van der Waals surface area contributed by atoms with E-state index in [1.54, 1.807) is 0 Å². The fraction of sp³-hybridized carbons (Fsp3) is 0. The Morgan fingerprint density at radius 3 is 1.25 bits per heavy atom. The first-order valence-electron chi connectivity index (χ1n) is 0.378. The van der Waals surface area contributed by atoms with Crippen LogP contribution in [0.1, 0.15) is 0 Å². The normalized spacial score (nSPS) is 4.50. The van der Waals surface area contributed by atoms with E-state index in [0.717, 1.165) is 0 Å². The quantitative estimate of drug-likeness (QED) is 0.503. The summed E-state index contributed by atoms with van der Waals surface area (Å²) in [5, 5.41) is 0. The molecule has 0 aromatic carbocycles. The van der Waals surface area contributed by atoms with Crippen LogP contribution in [0.3, 0.4) is 0 Å². The summed E-state index contributed by atoms with van der Waals surface area (Å²) >= 11 is -2.92. The Hall–Kier alpha value is 0.847. The van der Waals surface area contributed by atoms with Gasteiger partial charge in [-0.2, -0.15) is 0 Å². The van der Waals surface area contributed by atoms with Crippen molar-refractivity contribution in [3.63, 3.8) is 0 Å². The molecule has 0 nitrogen and oxygen atoms in total. The van der Waals surface area contributed by atoms with E-state index in [2.05, 4.69) is 0 Å². The average molecular weight is 259 g/mol. The molecule has 4 heavy (non-hydrogen) atoms. The van der Waals surface area contributed by atoms with Crippen LogP contribution in [0.4, 0.5) is 5.02 Å². The van der Waals surface area contributed by atoms with Gasteiger partial charge in [0.05, 0.1) is 8.41 Å². The van der Waals surface area contributed by atoms with Crippen molar-refractivity contribution in [1.82, 2.24) is 0 Å². The molecule has 0 saturated heterocycles. The Balaban J connectivity index is 0. The van der Waals surface area contributed by atoms with Gasteiger partial charge in [-0.3, -0.25) is 0 Å². The Morgan fingerprint density at radius 1 is 1.25 bits per heavy atom. The molecule has 0 unspecified atom stereocenters. The van der Waals surface area contributed by atoms with Gasteiger partial charge in [-0.15, -0.1) is 0 Å². The van der Waals surface area contributed by atoms with Crippen LogP contribution in [0.5, 0.6) is 0 Å². The summed E-state index contributed by atoms with van der Waals surface area (Å²) in [6.07, 6.45) is 0. The van der Waals surface area contributed by atoms with Crippen LogP contribution in [0.25, 0.3) is 0 Å². The van der Waals surface area contributed by atoms with Gasteiger partial charge >= 0.3 is 30.5 Å². The molecule has 0 heterocycles. The van der Waals surface area contributed by atoms with Crippen molar-refractivity contribution in [3.8, 4) is 0 Å². The second-order valence-corrected chi connectivity index (χ2v) is 0.627. The SMILES string of the molecule is B.[F][Pb][F]. The van der Waals surface area contributed by atoms with Crippen LogP contribution in [0.2, 0.25) is 0 Å². The molecule has 0 N–H and O–H groups in total. The molecular formula is H3BF2Pb. The fourth-order valence-electron chi connectivity index (χ4n) is 0. The Labute approximate surface area is 39.2 Å². The van der Waals surface area contributed by atoms with Crippen molar-refractivity contribution in [1.29, 1.82) is 0 Å². The molecule has 0 fully saturated rings. The summed E-state index contributed by atoms with van der Waals surface area (Å²) < 4.78 is 19.6. The first kappa shape index (κ1) is 8.85. The van der Waals surface area contributed by atoms with E-state index in [1.165, 1.54) is 0 Å². The summed E-state index contributed by atoms with van der Waals surface area (Å²) in [6, 6.07) is 0. The van der Waals surface area contributed by atoms with E-state index in [0.29, 0.717) is 0 Å². The van der Waals surface area contributed by atoms with Gasteiger partial charge in [0.2, 0.25) is 0 Å². The van der Waals surface area contributed by atoms with Crippen molar-refractivity contribution in [2.45, 2.75) is 0 Å². The predicted octanol–water partition coefficient (Wildman–Crippen LogP) is -0.724. The van der Waals surface area contributed by atoms with Crippen molar-refractivity contribution in [3.05, 3.63) is 0 Å². The second kappa shape index (κ2) is 9.14. The fourth-order valence-corrected chi connectivity index (χ4v) is 0. The molecular weight excluding hydrogens is 256 g/mol. The van der Waals surface area contributed by atoms with Gasteiger partial charge in [0.1, 0.15) is 0 Å². The minimum atomic E-state index is -2.92. The monoisotopic (exact) mass is 260 g/mol. The average Bonchev–Trinajstić information content (AvgIpc) is 0.918. The van der Waals surface area contributed by atoms with Crippen LogP contribution < -0.4 is 0 Å². The molecule has 0 aliphatic heterocycles. The van der Waals surface area contributed by atoms with Crippen molar-refractivity contribution in [2.75, 3.05) is 0 Å². The molecule has 0 aliphatic rings. The van der Waals surface area contributed by atoms with Gasteiger partial charge in [0, 0.05) is 0 Å². The Kier molecular flexibility index (Phi) is 20.2. The summed E-state index contributed by atoms with van der Waals surface area (Å²) in [6.45, 7) is 0. The van der Waals surface area contributed by atoms with Gasteiger partial charge in [-0.05, 0) is 0 Å². The summed E-state index contributed by atoms with van der Waals surface area (Å²) in [5.74, 6) is 0. The Bertz CT molecular complexity index is 6.00. The minimum absolute atomic E-state index is 0. The third-order valence-electron chi connectivity index (χ3n) is 0. The Morgan fingerprint density at radius 2 is 1.25 bits per heavy atom. The van der Waals surface area contributed by atoms with Gasteiger partial charge in [-0.1, -0.05) is 0 Å². The van der Waals surface area contributed by atoms with Crippen LogP contribution in [0, 0.1) is 0 Å². The summed E-state index contributed by atoms with van der Waals surface area (Å²) in [4.78, 5) is 0. The van der Waals surface area contributed by atoms with Gasteiger partial charge in [-0.25, -0.2) is 0 Å². The number of rotatable bonds is 0. The molecule has 0 saturated carbocycles. The zero-order valence-corrected chi connectivity index (χ0v) is 5.14. The third kappa shape index (κ3) is 13.5. The van der Waals surface area contributed by atoms with E-state index in [9.17, 15) is 5.02 Å². The number of hydrogen-bond donors (Lipinski definition) is 0. The van der Waals surface area contributed by atoms with Gasteiger partial charge in [0.15, 0.2) is 0 Å². The van der Waals surface area contributed by atoms with Crippen LogP contribution in [-0.2, 0) is 0 Å². The molecule has 0 aliphatic carbocycles. The first-order valence-corrected chi connectivity index (χ1v) is 3.32. The molecule has 0 rings (SSSR count). The van der Waals surface area contributed by atoms with Gasteiger partial charge < -0.3 is 0 Å². The summed E-state index contributed by atoms with van der Waals surface area (Å²) in [7, 11) is 0. The molecule has 0 aromatic heterocycles. The zero-order chi connectivity index (χ0) is 2.71. The topological polar surface area (TPSA) is 0 Å². The maximum absolute atomic E-state index is 9.82. The van der Waals surface area contributed by atoms with E-state index in [4.69, 9.17) is 0 Å². The maximum atomic E-state index is 9.82. The van der Waals surface area contributed by atoms with Crippen LogP contribution in [0.15, 0.2) is 0 Å². The predicted molar refractivity (Wildman–Crippen MR) is 17.9 cm³/mol. The standard InChI is InChI=1S/BH3.2FH.Pb/h1H3;2*1H;/q;;;+2/p-2. The molecule has 2 radical (unpaired) electrons. The van der Waals surface area contributed by atoms with Crippen molar-refractivity contribution < 1.29 is 5.02 Å². The molecule has 0 atom stereocenters. The van der Waals surface area contributed by atoms with E-state index in [1.807, 2.05) is 0 Å². The molecule has 24 valence electrons. The number of hydrogen-bond acceptors (Lipinski definition) is 0. The van der Waals surface area contributed by atoms with Crippen LogP contribution >= 0.6 is 0 Å². The van der Waals surface area contributed by atoms with E-state index >= 15 is 0 Å². The van der Waals surface area contributed by atoms with Crippen molar-refractivity contribution in [2.24, 2.45) is 0 Å². The van der Waals surface area contributed by atoms with Crippen molar-refractivity contribution >= 4 is 33.9 Å². The van der Waals surface area contributed by atoms with Crippen LogP contribution in [-0.4, -0.2) is 33.9 Å². The van der Waals surface area contributed by atoms with Gasteiger partial charge in [0.25, 0.3) is 0 Å². The summed E-state index contributed by atoms with van der Waals surface area (Å²) in [5.41, 5.74) is 0.